The van der Waals surface area contributed by atoms with Crippen LogP contribution in [0.3, 0.4) is 0 Å². The van der Waals surface area contributed by atoms with Crippen molar-refractivity contribution in [3.63, 3.8) is 0 Å². The highest BCUT2D eigenvalue weighted by Gasteiger charge is 2.18. The van der Waals surface area contributed by atoms with E-state index in [4.69, 9.17) is 0 Å². The van der Waals surface area contributed by atoms with Gasteiger partial charge in [-0.05, 0) is 63.7 Å². The minimum Gasteiger partial charge on any atom is -0.0914 e. The molecule has 0 atom stereocenters. The lowest BCUT2D eigenvalue weighted by atomic mass is 9.80. The van der Waals surface area contributed by atoms with Gasteiger partial charge in [0.05, 0.1) is 0 Å². The van der Waals surface area contributed by atoms with Gasteiger partial charge < -0.3 is 0 Å². The number of allylic oxidation sites excluding steroid dienone is 4. The SMILES string of the molecule is CC=CC1CCC(CCC=CCCC)CC1. The standard InChI is InChI=1S/C16H28/c1-3-5-6-7-8-10-16-13-11-15(9-4-2)12-14-16/h4,6-7,9,15-16H,3,5,8,10-14H2,1-2H3. The van der Waals surface area contributed by atoms with Gasteiger partial charge in [-0.2, -0.15) is 0 Å². The monoisotopic (exact) mass is 220 g/mol. The van der Waals surface area contributed by atoms with Crippen LogP contribution in [0.5, 0.6) is 0 Å². The molecule has 1 aliphatic rings. The summed E-state index contributed by atoms with van der Waals surface area (Å²) in [4.78, 5) is 0. The molecule has 0 bridgehead atoms. The summed E-state index contributed by atoms with van der Waals surface area (Å²) in [6.07, 6.45) is 20.4. The average molecular weight is 220 g/mol. The van der Waals surface area contributed by atoms with Crippen molar-refractivity contribution in [1.82, 2.24) is 0 Å². The van der Waals surface area contributed by atoms with Crippen LogP contribution in [-0.4, -0.2) is 0 Å². The Balaban J connectivity index is 2.08. The van der Waals surface area contributed by atoms with E-state index in [1.165, 1.54) is 51.4 Å². The Morgan fingerprint density at radius 3 is 2.31 bits per heavy atom. The van der Waals surface area contributed by atoms with Crippen molar-refractivity contribution in [2.45, 2.75) is 65.2 Å². The maximum absolute atomic E-state index is 2.40. The third-order valence-electron chi connectivity index (χ3n) is 3.72. The Hall–Kier alpha value is -0.520. The molecule has 0 aromatic heterocycles. The maximum Gasteiger partial charge on any atom is -0.0233 e. The van der Waals surface area contributed by atoms with Gasteiger partial charge in [0.25, 0.3) is 0 Å². The molecule has 0 aromatic carbocycles. The van der Waals surface area contributed by atoms with Gasteiger partial charge in [-0.15, -0.1) is 0 Å². The van der Waals surface area contributed by atoms with Crippen LogP contribution in [0.15, 0.2) is 24.3 Å². The molecule has 1 saturated carbocycles. The number of hydrogen-bond acceptors (Lipinski definition) is 0. The second-order valence-electron chi connectivity index (χ2n) is 5.14. The molecule has 0 radical (unpaired) electrons. The zero-order chi connectivity index (χ0) is 11.6. The first kappa shape index (κ1) is 13.5. The first-order chi connectivity index (χ1) is 7.86. The van der Waals surface area contributed by atoms with E-state index in [0.717, 1.165) is 11.8 Å². The highest BCUT2D eigenvalue weighted by Crippen LogP contribution is 2.32. The van der Waals surface area contributed by atoms with E-state index in [1.807, 2.05) is 0 Å². The molecule has 92 valence electrons. The van der Waals surface area contributed by atoms with Crippen LogP contribution in [0, 0.1) is 11.8 Å². The lowest BCUT2D eigenvalue weighted by molar-refractivity contribution is 0.297. The van der Waals surface area contributed by atoms with Gasteiger partial charge in [-0.1, -0.05) is 37.6 Å². The van der Waals surface area contributed by atoms with Crippen molar-refractivity contribution in [3.05, 3.63) is 24.3 Å². The summed E-state index contributed by atoms with van der Waals surface area (Å²) in [5, 5.41) is 0. The Morgan fingerprint density at radius 2 is 1.69 bits per heavy atom. The van der Waals surface area contributed by atoms with Crippen LogP contribution < -0.4 is 0 Å². The van der Waals surface area contributed by atoms with Crippen molar-refractivity contribution in [3.8, 4) is 0 Å². The second-order valence-corrected chi connectivity index (χ2v) is 5.14. The third kappa shape index (κ3) is 5.53. The van der Waals surface area contributed by atoms with Gasteiger partial charge in [-0.3, -0.25) is 0 Å². The molecule has 1 fully saturated rings. The van der Waals surface area contributed by atoms with E-state index < -0.39 is 0 Å². The summed E-state index contributed by atoms with van der Waals surface area (Å²) in [6, 6.07) is 0. The summed E-state index contributed by atoms with van der Waals surface area (Å²) >= 11 is 0. The normalized spacial score (nSPS) is 26.9. The van der Waals surface area contributed by atoms with Crippen LogP contribution in [0.1, 0.15) is 65.2 Å². The lowest BCUT2D eigenvalue weighted by Gasteiger charge is -2.26. The molecule has 0 N–H and O–H groups in total. The predicted molar refractivity (Wildman–Crippen MR) is 73.5 cm³/mol. The van der Waals surface area contributed by atoms with Gasteiger partial charge >= 0.3 is 0 Å². The molecule has 0 nitrogen and oxygen atoms in total. The molecule has 16 heavy (non-hydrogen) atoms. The number of unbranched alkanes of at least 4 members (excludes halogenated alkanes) is 1. The number of rotatable bonds is 6. The van der Waals surface area contributed by atoms with Crippen molar-refractivity contribution in [2.24, 2.45) is 11.8 Å². The predicted octanol–water partition coefficient (Wildman–Crippen LogP) is 5.51. The third-order valence-corrected chi connectivity index (χ3v) is 3.72. The van der Waals surface area contributed by atoms with Crippen LogP contribution in [0.4, 0.5) is 0 Å². The molecule has 1 rings (SSSR count). The van der Waals surface area contributed by atoms with Crippen LogP contribution >= 0.6 is 0 Å². The molecule has 0 heterocycles. The smallest absolute Gasteiger partial charge is 0.0233 e. The minimum atomic E-state index is 0.886. The average Bonchev–Trinajstić information content (AvgIpc) is 2.31. The highest BCUT2D eigenvalue weighted by molar-refractivity contribution is 4.89. The molecule has 0 saturated heterocycles. The molecule has 0 amide bonds. The van der Waals surface area contributed by atoms with Gasteiger partial charge in [0.2, 0.25) is 0 Å². The first-order valence-electron chi connectivity index (χ1n) is 7.14. The maximum atomic E-state index is 2.40. The first-order valence-corrected chi connectivity index (χ1v) is 7.14. The van der Waals surface area contributed by atoms with E-state index in [-0.39, 0.29) is 0 Å². The fourth-order valence-corrected chi connectivity index (χ4v) is 2.68. The van der Waals surface area contributed by atoms with Crippen molar-refractivity contribution >= 4 is 0 Å². The summed E-state index contributed by atoms with van der Waals surface area (Å²) in [5.74, 6) is 1.89. The second kappa shape index (κ2) is 8.61. The summed E-state index contributed by atoms with van der Waals surface area (Å²) in [7, 11) is 0. The Bertz CT molecular complexity index is 204. The summed E-state index contributed by atoms with van der Waals surface area (Å²) in [5.41, 5.74) is 0. The zero-order valence-corrected chi connectivity index (χ0v) is 11.1. The molecule has 0 aliphatic heterocycles. The summed E-state index contributed by atoms with van der Waals surface area (Å²) in [6.45, 7) is 4.39. The quantitative estimate of drug-likeness (QED) is 0.518. The largest absolute Gasteiger partial charge is 0.0914 e. The molecular formula is C16H28. The lowest BCUT2D eigenvalue weighted by Crippen LogP contribution is -2.12. The van der Waals surface area contributed by atoms with Gasteiger partial charge in [0.1, 0.15) is 0 Å². The van der Waals surface area contributed by atoms with Crippen LogP contribution in [0.2, 0.25) is 0 Å². The van der Waals surface area contributed by atoms with Crippen molar-refractivity contribution in [1.29, 1.82) is 0 Å². The summed E-state index contributed by atoms with van der Waals surface area (Å²) < 4.78 is 0. The Labute approximate surface area is 102 Å². The zero-order valence-electron chi connectivity index (χ0n) is 11.1. The van der Waals surface area contributed by atoms with E-state index in [2.05, 4.69) is 38.2 Å². The Morgan fingerprint density at radius 1 is 1.00 bits per heavy atom. The molecule has 0 aromatic rings. The van der Waals surface area contributed by atoms with E-state index in [0.29, 0.717) is 0 Å². The number of hydrogen-bond donors (Lipinski definition) is 0. The van der Waals surface area contributed by atoms with E-state index in [1.54, 1.807) is 0 Å². The molecule has 0 spiro atoms. The van der Waals surface area contributed by atoms with Gasteiger partial charge in [-0.25, -0.2) is 0 Å². The van der Waals surface area contributed by atoms with Gasteiger partial charge in [0, 0.05) is 0 Å². The molecular weight excluding hydrogens is 192 g/mol. The fraction of sp³-hybridized carbons (Fsp3) is 0.750. The topological polar surface area (TPSA) is 0 Å². The molecule has 0 heteroatoms. The van der Waals surface area contributed by atoms with E-state index >= 15 is 0 Å². The van der Waals surface area contributed by atoms with Crippen molar-refractivity contribution in [2.75, 3.05) is 0 Å². The van der Waals surface area contributed by atoms with Gasteiger partial charge in [0.15, 0.2) is 0 Å². The molecule has 1 aliphatic carbocycles. The highest BCUT2D eigenvalue weighted by atomic mass is 14.2. The Kier molecular flexibility index (Phi) is 7.29. The molecule has 0 unspecified atom stereocenters. The van der Waals surface area contributed by atoms with Crippen molar-refractivity contribution < 1.29 is 0 Å². The van der Waals surface area contributed by atoms with Crippen LogP contribution in [-0.2, 0) is 0 Å². The minimum absolute atomic E-state index is 0.886. The van der Waals surface area contributed by atoms with E-state index in [9.17, 15) is 0 Å². The fourth-order valence-electron chi connectivity index (χ4n) is 2.68. The van der Waals surface area contributed by atoms with Crippen LogP contribution in [0.25, 0.3) is 0 Å².